The molecule has 7 nitrogen and oxygen atoms in total. The lowest BCUT2D eigenvalue weighted by molar-refractivity contribution is -0.153. The van der Waals surface area contributed by atoms with Crippen LogP contribution in [0, 0.1) is 5.41 Å². The lowest BCUT2D eigenvalue weighted by atomic mass is 9.77. The highest BCUT2D eigenvalue weighted by atomic mass is 32.1. The molecule has 1 aliphatic rings. The van der Waals surface area contributed by atoms with E-state index in [1.165, 1.54) is 11.3 Å². The Morgan fingerprint density at radius 3 is 2.87 bits per heavy atom. The summed E-state index contributed by atoms with van der Waals surface area (Å²) in [7, 11) is 1.55. The third kappa shape index (κ3) is 3.64. The number of ether oxygens (including phenoxy) is 1. The fourth-order valence-electron chi connectivity index (χ4n) is 3.01. The average molecular weight is 341 g/mol. The van der Waals surface area contributed by atoms with Crippen LogP contribution < -0.4 is 5.73 Å². The normalized spacial score (nSPS) is 21.4. The Morgan fingerprint density at radius 1 is 1.52 bits per heavy atom. The minimum absolute atomic E-state index is 0.168. The van der Waals surface area contributed by atoms with Crippen molar-refractivity contribution >= 4 is 28.3 Å². The Labute approximate surface area is 139 Å². The van der Waals surface area contributed by atoms with Gasteiger partial charge in [-0.15, -0.1) is 0 Å². The van der Waals surface area contributed by atoms with Crippen molar-refractivity contribution in [3.63, 3.8) is 0 Å². The molecular formula is C15H23N3O4S. The van der Waals surface area contributed by atoms with Gasteiger partial charge < -0.3 is 20.5 Å². The van der Waals surface area contributed by atoms with Crippen LogP contribution in [0.4, 0.5) is 5.13 Å². The molecule has 0 radical (unpaired) electrons. The van der Waals surface area contributed by atoms with Gasteiger partial charge in [-0.25, -0.2) is 4.98 Å². The highest BCUT2D eigenvalue weighted by molar-refractivity contribution is 7.17. The summed E-state index contributed by atoms with van der Waals surface area (Å²) in [5, 5.41) is 10.0. The number of hydrogen-bond donors (Lipinski definition) is 2. The van der Waals surface area contributed by atoms with Gasteiger partial charge in [0.05, 0.1) is 11.1 Å². The van der Waals surface area contributed by atoms with Crippen LogP contribution in [-0.4, -0.2) is 53.7 Å². The predicted octanol–water partition coefficient (Wildman–Crippen LogP) is 1.63. The molecule has 0 spiro atoms. The molecule has 2 heterocycles. The number of nitrogen functional groups attached to an aromatic ring is 1. The standard InChI is InChI=1S/C15H23N3O4S/c1-3-10-11(23-14(16)17-10)12(19)18-7-4-5-15(9-18,13(20)21)6-8-22-2/h3-9H2,1-2H3,(H2,16,17)(H,20,21). The molecule has 0 bridgehead atoms. The molecule has 1 aromatic rings. The van der Waals surface area contributed by atoms with Crippen LogP contribution in [0.1, 0.15) is 41.6 Å². The fraction of sp³-hybridized carbons (Fsp3) is 0.667. The van der Waals surface area contributed by atoms with Gasteiger partial charge in [-0.05, 0) is 25.7 Å². The molecule has 1 amide bonds. The van der Waals surface area contributed by atoms with Gasteiger partial charge in [0.1, 0.15) is 4.88 Å². The second kappa shape index (κ2) is 7.27. The van der Waals surface area contributed by atoms with Crippen LogP contribution >= 0.6 is 11.3 Å². The maximum absolute atomic E-state index is 12.8. The summed E-state index contributed by atoms with van der Waals surface area (Å²) in [6, 6.07) is 0. The second-order valence-corrected chi connectivity index (χ2v) is 6.87. The molecule has 3 N–H and O–H groups in total. The van der Waals surface area contributed by atoms with Crippen LogP contribution in [0.15, 0.2) is 0 Å². The summed E-state index contributed by atoms with van der Waals surface area (Å²) >= 11 is 1.17. The molecule has 1 aliphatic heterocycles. The molecule has 0 aromatic carbocycles. The number of hydrogen-bond acceptors (Lipinski definition) is 6. The lowest BCUT2D eigenvalue weighted by Crippen LogP contribution is -2.50. The third-order valence-corrected chi connectivity index (χ3v) is 5.26. The Balaban J connectivity index is 2.22. The van der Waals surface area contributed by atoms with Gasteiger partial charge in [0.25, 0.3) is 5.91 Å². The first-order valence-electron chi connectivity index (χ1n) is 7.70. The maximum Gasteiger partial charge on any atom is 0.311 e. The van der Waals surface area contributed by atoms with Gasteiger partial charge in [0, 0.05) is 26.8 Å². The summed E-state index contributed by atoms with van der Waals surface area (Å²) in [5.41, 5.74) is 5.46. The molecule has 1 aromatic heterocycles. The summed E-state index contributed by atoms with van der Waals surface area (Å²) in [4.78, 5) is 30.9. The fourth-order valence-corrected chi connectivity index (χ4v) is 3.90. The van der Waals surface area contributed by atoms with Gasteiger partial charge >= 0.3 is 5.97 Å². The first-order chi connectivity index (χ1) is 10.9. The van der Waals surface area contributed by atoms with Crippen LogP contribution in [0.3, 0.4) is 0 Å². The lowest BCUT2D eigenvalue weighted by Gasteiger charge is -2.39. The molecule has 8 heteroatoms. The average Bonchev–Trinajstić information content (AvgIpc) is 2.93. The number of nitrogens with zero attached hydrogens (tertiary/aromatic N) is 2. The van der Waals surface area contributed by atoms with Gasteiger partial charge in [-0.2, -0.15) is 0 Å². The molecule has 2 rings (SSSR count). The van der Waals surface area contributed by atoms with Crippen molar-refractivity contribution in [2.75, 3.05) is 32.5 Å². The molecule has 128 valence electrons. The number of likely N-dealkylation sites (tertiary alicyclic amines) is 1. The van der Waals surface area contributed by atoms with E-state index in [9.17, 15) is 14.7 Å². The number of carboxylic acid groups (broad SMARTS) is 1. The number of piperidine rings is 1. The summed E-state index contributed by atoms with van der Waals surface area (Å²) in [5.74, 6) is -1.04. The van der Waals surface area contributed by atoms with Crippen molar-refractivity contribution in [2.24, 2.45) is 5.41 Å². The zero-order chi connectivity index (χ0) is 17.0. The van der Waals surface area contributed by atoms with Gasteiger partial charge in [0.2, 0.25) is 0 Å². The largest absolute Gasteiger partial charge is 0.481 e. The van der Waals surface area contributed by atoms with Gasteiger partial charge in [-0.1, -0.05) is 18.3 Å². The number of anilines is 1. The van der Waals surface area contributed by atoms with Crippen LogP contribution in [0.5, 0.6) is 0 Å². The molecule has 0 saturated carbocycles. The number of carbonyl (C=O) groups is 2. The molecule has 23 heavy (non-hydrogen) atoms. The number of aliphatic carboxylic acids is 1. The predicted molar refractivity (Wildman–Crippen MR) is 87.6 cm³/mol. The van der Waals surface area contributed by atoms with Crippen molar-refractivity contribution in [1.29, 1.82) is 0 Å². The van der Waals surface area contributed by atoms with Gasteiger partial charge in [0.15, 0.2) is 5.13 Å². The number of thiazole rings is 1. The number of nitrogens with two attached hydrogens (primary N) is 1. The molecule has 1 unspecified atom stereocenters. The van der Waals surface area contributed by atoms with E-state index in [1.807, 2.05) is 6.92 Å². The number of carbonyl (C=O) groups excluding carboxylic acids is 1. The number of carboxylic acids is 1. The summed E-state index contributed by atoms with van der Waals surface area (Å²) < 4.78 is 5.05. The van der Waals surface area contributed by atoms with Gasteiger partial charge in [-0.3, -0.25) is 9.59 Å². The number of aryl methyl sites for hydroxylation is 1. The Morgan fingerprint density at radius 2 is 2.26 bits per heavy atom. The molecule has 1 saturated heterocycles. The topological polar surface area (TPSA) is 106 Å². The van der Waals surface area contributed by atoms with E-state index in [1.54, 1.807) is 12.0 Å². The molecule has 1 fully saturated rings. The number of aromatic nitrogens is 1. The number of methoxy groups -OCH3 is 1. The van der Waals surface area contributed by atoms with Crippen molar-refractivity contribution in [3.8, 4) is 0 Å². The smallest absolute Gasteiger partial charge is 0.311 e. The van der Waals surface area contributed by atoms with E-state index in [0.717, 1.165) is 0 Å². The van der Waals surface area contributed by atoms with Crippen molar-refractivity contribution in [2.45, 2.75) is 32.6 Å². The number of rotatable bonds is 6. The van der Waals surface area contributed by atoms with E-state index in [2.05, 4.69) is 4.98 Å². The zero-order valence-corrected chi connectivity index (χ0v) is 14.3. The van der Waals surface area contributed by atoms with E-state index in [0.29, 0.717) is 54.5 Å². The molecule has 1 atom stereocenters. The minimum Gasteiger partial charge on any atom is -0.481 e. The zero-order valence-electron chi connectivity index (χ0n) is 13.5. The van der Waals surface area contributed by atoms with Crippen molar-refractivity contribution in [1.82, 2.24) is 9.88 Å². The van der Waals surface area contributed by atoms with E-state index in [4.69, 9.17) is 10.5 Å². The third-order valence-electron chi connectivity index (χ3n) is 4.35. The maximum atomic E-state index is 12.8. The van der Waals surface area contributed by atoms with Crippen LogP contribution in [0.2, 0.25) is 0 Å². The van der Waals surface area contributed by atoms with Crippen LogP contribution in [0.25, 0.3) is 0 Å². The quantitative estimate of drug-likeness (QED) is 0.814. The first kappa shape index (κ1) is 17.7. The highest BCUT2D eigenvalue weighted by Crippen LogP contribution is 2.35. The van der Waals surface area contributed by atoms with Crippen molar-refractivity contribution in [3.05, 3.63) is 10.6 Å². The Bertz CT molecular complexity index is 589. The van der Waals surface area contributed by atoms with E-state index >= 15 is 0 Å². The Kier molecular flexibility index (Phi) is 5.59. The summed E-state index contributed by atoms with van der Waals surface area (Å²) in [6.07, 6.45) is 2.24. The SMILES string of the molecule is CCc1nc(N)sc1C(=O)N1CCCC(CCOC)(C(=O)O)C1. The number of amides is 1. The minimum atomic E-state index is -0.938. The van der Waals surface area contributed by atoms with Crippen molar-refractivity contribution < 1.29 is 19.4 Å². The second-order valence-electron chi connectivity index (χ2n) is 5.84. The molecule has 0 aliphatic carbocycles. The van der Waals surface area contributed by atoms with E-state index in [-0.39, 0.29) is 12.5 Å². The van der Waals surface area contributed by atoms with Crippen LogP contribution in [-0.2, 0) is 16.0 Å². The van der Waals surface area contributed by atoms with E-state index < -0.39 is 11.4 Å². The summed E-state index contributed by atoms with van der Waals surface area (Å²) in [6.45, 7) is 3.04. The Hall–Kier alpha value is -1.67. The highest BCUT2D eigenvalue weighted by Gasteiger charge is 2.43. The first-order valence-corrected chi connectivity index (χ1v) is 8.52. The molecular weight excluding hydrogens is 318 g/mol. The monoisotopic (exact) mass is 341 g/mol.